The molecule has 0 aliphatic heterocycles. The van der Waals surface area contributed by atoms with E-state index in [1.165, 1.54) is 0 Å². The van der Waals surface area contributed by atoms with Crippen LogP contribution in [0.3, 0.4) is 0 Å². The fourth-order valence-electron chi connectivity index (χ4n) is 2.22. The van der Waals surface area contributed by atoms with Gasteiger partial charge in [0.2, 0.25) is 0 Å². The molecule has 0 spiro atoms. The summed E-state index contributed by atoms with van der Waals surface area (Å²) in [6.45, 7) is 6.67. The lowest BCUT2D eigenvalue weighted by Crippen LogP contribution is -2.41. The number of aryl methyl sites for hydroxylation is 1. The van der Waals surface area contributed by atoms with E-state index in [0.29, 0.717) is 29.4 Å². The Hall–Kier alpha value is -2.82. The molecule has 0 atom stereocenters. The number of carbonyl (C=O) groups is 2. The van der Waals surface area contributed by atoms with E-state index >= 15 is 0 Å². The van der Waals surface area contributed by atoms with Crippen molar-refractivity contribution in [3.63, 3.8) is 0 Å². The second-order valence-electron chi connectivity index (χ2n) is 6.30. The summed E-state index contributed by atoms with van der Waals surface area (Å²) in [5.41, 5.74) is 6.72. The first-order chi connectivity index (χ1) is 12.0. The largest absolute Gasteiger partial charge is 0.493 e. The van der Waals surface area contributed by atoms with Gasteiger partial charge in [-0.2, -0.15) is 0 Å². The molecule has 0 fully saturated rings. The number of hydrazine groups is 1. The van der Waals surface area contributed by atoms with Gasteiger partial charge in [-0.05, 0) is 43.5 Å². The fraction of sp³-hybridized carbons (Fsp3) is 0.300. The van der Waals surface area contributed by atoms with Crippen molar-refractivity contribution >= 4 is 11.8 Å². The molecular weight excluding hydrogens is 316 g/mol. The first kappa shape index (κ1) is 18.5. The smallest absolute Gasteiger partial charge is 0.273 e. The Kier molecular flexibility index (Phi) is 6.57. The van der Waals surface area contributed by atoms with Crippen molar-refractivity contribution in [1.82, 2.24) is 10.9 Å². The fourth-order valence-corrected chi connectivity index (χ4v) is 2.22. The van der Waals surface area contributed by atoms with E-state index in [-0.39, 0.29) is 5.91 Å². The van der Waals surface area contributed by atoms with Crippen LogP contribution in [0.15, 0.2) is 48.5 Å². The van der Waals surface area contributed by atoms with Gasteiger partial charge in [0.1, 0.15) is 5.75 Å². The topological polar surface area (TPSA) is 67.4 Å². The Balaban J connectivity index is 1.97. The Morgan fingerprint density at radius 2 is 1.72 bits per heavy atom. The molecule has 2 N–H and O–H groups in total. The summed E-state index contributed by atoms with van der Waals surface area (Å²) in [4.78, 5) is 24.5. The minimum Gasteiger partial charge on any atom is -0.493 e. The van der Waals surface area contributed by atoms with Crippen molar-refractivity contribution in [2.45, 2.75) is 27.2 Å². The predicted octanol–water partition coefficient (Wildman–Crippen LogP) is 3.49. The second-order valence-corrected chi connectivity index (χ2v) is 6.30. The third-order valence-corrected chi connectivity index (χ3v) is 3.65. The maximum atomic E-state index is 12.4. The van der Waals surface area contributed by atoms with E-state index in [1.807, 2.05) is 19.1 Å². The van der Waals surface area contributed by atoms with Gasteiger partial charge in [0.25, 0.3) is 11.8 Å². The van der Waals surface area contributed by atoms with Crippen molar-refractivity contribution < 1.29 is 14.3 Å². The van der Waals surface area contributed by atoms with Crippen molar-refractivity contribution in [3.05, 3.63) is 65.2 Å². The van der Waals surface area contributed by atoms with Gasteiger partial charge >= 0.3 is 0 Å². The lowest BCUT2D eigenvalue weighted by molar-refractivity contribution is 0.0844. The van der Waals surface area contributed by atoms with E-state index < -0.39 is 5.91 Å². The summed E-state index contributed by atoms with van der Waals surface area (Å²) >= 11 is 0. The average molecular weight is 340 g/mol. The van der Waals surface area contributed by atoms with Crippen LogP contribution in [0.5, 0.6) is 5.75 Å². The monoisotopic (exact) mass is 340 g/mol. The van der Waals surface area contributed by atoms with Gasteiger partial charge < -0.3 is 4.74 Å². The summed E-state index contributed by atoms with van der Waals surface area (Å²) in [6.07, 6.45) is 0.903. The molecule has 0 aliphatic rings. The van der Waals surface area contributed by atoms with E-state index in [0.717, 1.165) is 12.0 Å². The molecule has 25 heavy (non-hydrogen) atoms. The summed E-state index contributed by atoms with van der Waals surface area (Å²) in [5.74, 6) is 0.247. The molecule has 0 aromatic heterocycles. The van der Waals surface area contributed by atoms with Crippen LogP contribution in [0.2, 0.25) is 0 Å². The Labute approximate surface area is 148 Å². The minimum absolute atomic E-state index is 0.366. The van der Waals surface area contributed by atoms with Gasteiger partial charge in [0.05, 0.1) is 12.2 Å². The molecule has 0 bridgehead atoms. The maximum absolute atomic E-state index is 12.4. The molecule has 0 unspecified atom stereocenters. The highest BCUT2D eigenvalue weighted by Crippen LogP contribution is 2.18. The first-order valence-corrected chi connectivity index (χ1v) is 8.36. The van der Waals surface area contributed by atoms with Crippen LogP contribution < -0.4 is 15.6 Å². The van der Waals surface area contributed by atoms with Crippen LogP contribution in [0.4, 0.5) is 0 Å². The molecule has 5 heteroatoms. The number of hydrogen-bond acceptors (Lipinski definition) is 3. The van der Waals surface area contributed by atoms with Crippen LogP contribution in [0, 0.1) is 12.8 Å². The van der Waals surface area contributed by atoms with Crippen LogP contribution in [0.25, 0.3) is 0 Å². The molecule has 2 rings (SSSR count). The molecule has 2 aromatic carbocycles. The van der Waals surface area contributed by atoms with Crippen molar-refractivity contribution in [3.8, 4) is 5.75 Å². The zero-order chi connectivity index (χ0) is 18.2. The quantitative estimate of drug-likeness (QED) is 0.791. The lowest BCUT2D eigenvalue weighted by atomic mass is 10.1. The third-order valence-electron chi connectivity index (χ3n) is 3.65. The normalized spacial score (nSPS) is 10.4. The van der Waals surface area contributed by atoms with E-state index in [9.17, 15) is 9.59 Å². The van der Waals surface area contributed by atoms with Crippen molar-refractivity contribution in [2.75, 3.05) is 6.61 Å². The van der Waals surface area contributed by atoms with E-state index in [2.05, 4.69) is 24.7 Å². The summed E-state index contributed by atoms with van der Waals surface area (Å²) in [7, 11) is 0. The molecule has 2 aromatic rings. The average Bonchev–Trinajstić information content (AvgIpc) is 2.59. The highest BCUT2D eigenvalue weighted by Gasteiger charge is 2.13. The second kappa shape index (κ2) is 8.87. The highest BCUT2D eigenvalue weighted by molar-refractivity contribution is 6.00. The number of para-hydroxylation sites is 1. The number of hydrogen-bond donors (Lipinski definition) is 2. The van der Waals surface area contributed by atoms with E-state index in [1.54, 1.807) is 36.4 Å². The molecule has 5 nitrogen and oxygen atoms in total. The van der Waals surface area contributed by atoms with Crippen LogP contribution in [-0.4, -0.2) is 18.4 Å². The number of ether oxygens (including phenoxy) is 1. The minimum atomic E-state index is -0.416. The molecule has 0 saturated heterocycles. The predicted molar refractivity (Wildman–Crippen MR) is 97.5 cm³/mol. The van der Waals surface area contributed by atoms with Gasteiger partial charge in [-0.1, -0.05) is 43.7 Å². The first-order valence-electron chi connectivity index (χ1n) is 8.36. The van der Waals surface area contributed by atoms with Crippen LogP contribution in [-0.2, 0) is 0 Å². The van der Waals surface area contributed by atoms with E-state index in [4.69, 9.17) is 4.74 Å². The summed E-state index contributed by atoms with van der Waals surface area (Å²) in [6, 6.07) is 14.1. The van der Waals surface area contributed by atoms with Crippen molar-refractivity contribution in [2.24, 2.45) is 5.92 Å². The number of amides is 2. The highest BCUT2D eigenvalue weighted by atomic mass is 16.5. The van der Waals surface area contributed by atoms with Crippen molar-refractivity contribution in [1.29, 1.82) is 0 Å². The maximum Gasteiger partial charge on any atom is 0.273 e. The Morgan fingerprint density at radius 1 is 1.00 bits per heavy atom. The zero-order valence-electron chi connectivity index (χ0n) is 14.8. The molecule has 0 radical (unpaired) electrons. The third kappa shape index (κ3) is 5.64. The Morgan fingerprint density at radius 3 is 2.44 bits per heavy atom. The SMILES string of the molecule is Cc1cccc(C(=O)NNC(=O)c2ccccc2OCCC(C)C)c1. The molecule has 0 heterocycles. The van der Waals surface area contributed by atoms with Gasteiger partial charge in [0, 0.05) is 5.56 Å². The molecular formula is C20H24N2O3. The van der Waals surface area contributed by atoms with Gasteiger partial charge in [-0.3, -0.25) is 20.4 Å². The van der Waals surface area contributed by atoms with Crippen LogP contribution in [0.1, 0.15) is 46.5 Å². The molecule has 132 valence electrons. The Bertz CT molecular complexity index is 741. The summed E-state index contributed by atoms with van der Waals surface area (Å²) < 4.78 is 5.70. The van der Waals surface area contributed by atoms with Gasteiger partial charge in [-0.15, -0.1) is 0 Å². The zero-order valence-corrected chi connectivity index (χ0v) is 14.8. The van der Waals surface area contributed by atoms with Crippen LogP contribution >= 0.6 is 0 Å². The standard InChI is InChI=1S/C20H24N2O3/c1-14(2)11-12-25-18-10-5-4-9-17(18)20(24)22-21-19(23)16-8-6-7-15(3)13-16/h4-10,13-14H,11-12H2,1-3H3,(H,21,23)(H,22,24). The summed E-state index contributed by atoms with van der Waals surface area (Å²) in [5, 5.41) is 0. The molecule has 0 aliphatic carbocycles. The number of rotatable bonds is 6. The van der Waals surface area contributed by atoms with Gasteiger partial charge in [-0.25, -0.2) is 0 Å². The molecule has 0 saturated carbocycles. The number of benzene rings is 2. The molecule has 2 amide bonds. The lowest BCUT2D eigenvalue weighted by Gasteiger charge is -2.13. The number of nitrogens with one attached hydrogen (secondary N) is 2. The van der Waals surface area contributed by atoms with Gasteiger partial charge in [0.15, 0.2) is 0 Å². The number of carbonyl (C=O) groups excluding carboxylic acids is 2.